The predicted molar refractivity (Wildman–Crippen MR) is 96.2 cm³/mol. The van der Waals surface area contributed by atoms with Gasteiger partial charge in [-0.15, -0.1) is 0 Å². The summed E-state index contributed by atoms with van der Waals surface area (Å²) >= 11 is 0. The van der Waals surface area contributed by atoms with E-state index >= 15 is 0 Å². The van der Waals surface area contributed by atoms with Crippen LogP contribution in [0.5, 0.6) is 0 Å². The highest BCUT2D eigenvalue weighted by Gasteiger charge is 2.13. The molecule has 24 heavy (non-hydrogen) atoms. The molecule has 0 bridgehead atoms. The van der Waals surface area contributed by atoms with Gasteiger partial charge < -0.3 is 10.6 Å². The van der Waals surface area contributed by atoms with Crippen molar-refractivity contribution >= 4 is 11.6 Å². The van der Waals surface area contributed by atoms with Crippen LogP contribution in [0.2, 0.25) is 0 Å². The van der Waals surface area contributed by atoms with Crippen molar-refractivity contribution in [3.63, 3.8) is 0 Å². The Bertz CT molecular complexity index is 768. The highest BCUT2D eigenvalue weighted by molar-refractivity contribution is 5.97. The summed E-state index contributed by atoms with van der Waals surface area (Å²) in [6, 6.07) is 17.4. The first kappa shape index (κ1) is 17.3. The van der Waals surface area contributed by atoms with E-state index in [4.69, 9.17) is 0 Å². The van der Waals surface area contributed by atoms with Gasteiger partial charge in [0.2, 0.25) is 0 Å². The van der Waals surface area contributed by atoms with Crippen molar-refractivity contribution < 1.29 is 4.79 Å². The number of carbonyl (C=O) groups is 1. The molecule has 1 amide bonds. The molecule has 2 rings (SSSR count). The second-order valence-electron chi connectivity index (χ2n) is 5.69. The minimum atomic E-state index is -0.396. The first-order valence-corrected chi connectivity index (χ1v) is 7.81. The summed E-state index contributed by atoms with van der Waals surface area (Å²) in [5, 5.41) is 15.2. The Morgan fingerprint density at radius 1 is 1.08 bits per heavy atom. The molecule has 1 unspecified atom stereocenters. The number of para-hydroxylation sites is 1. The molecule has 0 heterocycles. The largest absolute Gasteiger partial charge is 0.360 e. The lowest BCUT2D eigenvalue weighted by Gasteiger charge is -2.14. The number of nitrogens with one attached hydrogen (secondary N) is 2. The van der Waals surface area contributed by atoms with E-state index in [1.54, 1.807) is 0 Å². The van der Waals surface area contributed by atoms with E-state index < -0.39 is 5.91 Å². The van der Waals surface area contributed by atoms with Crippen molar-refractivity contribution in [1.29, 1.82) is 5.26 Å². The molecular weight excluding hydrogens is 298 g/mol. The molecule has 4 heteroatoms. The van der Waals surface area contributed by atoms with Crippen LogP contribution in [-0.4, -0.2) is 5.91 Å². The monoisotopic (exact) mass is 319 g/mol. The van der Waals surface area contributed by atoms with Crippen LogP contribution in [0.4, 0.5) is 5.69 Å². The fraction of sp³-hybridized carbons (Fsp3) is 0.200. The standard InChI is InChI=1S/C20H21N3O/c1-14-8-7-9-15(2)19(14)22-13-18(12-21)20(24)23-16(3)17-10-5-4-6-11-17/h4-11,13,16,22H,1-3H3,(H,23,24)/b18-13-. The van der Waals surface area contributed by atoms with E-state index in [0.29, 0.717) is 0 Å². The van der Waals surface area contributed by atoms with E-state index in [-0.39, 0.29) is 11.6 Å². The minimum Gasteiger partial charge on any atom is -0.360 e. The number of aryl methyl sites for hydroxylation is 2. The number of benzene rings is 2. The number of rotatable bonds is 5. The zero-order valence-electron chi connectivity index (χ0n) is 14.1. The molecule has 2 aromatic carbocycles. The highest BCUT2D eigenvalue weighted by atomic mass is 16.1. The molecule has 0 aliphatic heterocycles. The quantitative estimate of drug-likeness (QED) is 0.646. The molecule has 0 saturated heterocycles. The van der Waals surface area contributed by atoms with Crippen LogP contribution in [0.25, 0.3) is 0 Å². The van der Waals surface area contributed by atoms with Crippen LogP contribution in [0.15, 0.2) is 60.3 Å². The van der Waals surface area contributed by atoms with Gasteiger partial charge in [-0.25, -0.2) is 0 Å². The topological polar surface area (TPSA) is 64.9 Å². The summed E-state index contributed by atoms with van der Waals surface area (Å²) in [4.78, 5) is 12.3. The van der Waals surface area contributed by atoms with Gasteiger partial charge in [-0.2, -0.15) is 5.26 Å². The average Bonchev–Trinajstić information content (AvgIpc) is 2.58. The number of anilines is 1. The molecule has 122 valence electrons. The van der Waals surface area contributed by atoms with Crippen molar-refractivity contribution in [3.05, 3.63) is 77.0 Å². The van der Waals surface area contributed by atoms with Crippen LogP contribution in [-0.2, 0) is 4.79 Å². The maximum Gasteiger partial charge on any atom is 0.263 e. The number of nitrogens with zero attached hydrogens (tertiary/aromatic N) is 1. The van der Waals surface area contributed by atoms with Gasteiger partial charge in [0.15, 0.2) is 0 Å². The lowest BCUT2D eigenvalue weighted by atomic mass is 10.1. The predicted octanol–water partition coefficient (Wildman–Crippen LogP) is 4.00. The average molecular weight is 319 g/mol. The Kier molecular flexibility index (Phi) is 5.75. The Hall–Kier alpha value is -3.06. The number of amides is 1. The maximum absolute atomic E-state index is 12.3. The summed E-state index contributed by atoms with van der Waals surface area (Å²) in [6.07, 6.45) is 1.46. The molecule has 0 aliphatic carbocycles. The third-order valence-corrected chi connectivity index (χ3v) is 3.85. The second-order valence-corrected chi connectivity index (χ2v) is 5.69. The summed E-state index contributed by atoms with van der Waals surface area (Å²) in [5.74, 6) is -0.396. The summed E-state index contributed by atoms with van der Waals surface area (Å²) in [7, 11) is 0. The number of hydrogen-bond donors (Lipinski definition) is 2. The number of nitriles is 1. The fourth-order valence-corrected chi connectivity index (χ4v) is 2.43. The van der Waals surface area contributed by atoms with Gasteiger partial charge in [0.05, 0.1) is 6.04 Å². The zero-order chi connectivity index (χ0) is 17.5. The normalized spacial score (nSPS) is 12.2. The Balaban J connectivity index is 2.10. The van der Waals surface area contributed by atoms with E-state index in [9.17, 15) is 10.1 Å². The van der Waals surface area contributed by atoms with Crippen LogP contribution in [0.3, 0.4) is 0 Å². The SMILES string of the molecule is Cc1cccc(C)c1N/C=C(/C#N)C(=O)NC(C)c1ccccc1. The second kappa shape index (κ2) is 7.98. The third kappa shape index (κ3) is 4.23. The molecule has 0 aromatic heterocycles. The molecule has 0 aliphatic rings. The fourth-order valence-electron chi connectivity index (χ4n) is 2.43. The van der Waals surface area contributed by atoms with Crippen LogP contribution in [0, 0.1) is 25.2 Å². The van der Waals surface area contributed by atoms with Crippen molar-refractivity contribution in [2.45, 2.75) is 26.8 Å². The molecule has 0 radical (unpaired) electrons. The van der Waals surface area contributed by atoms with Crippen molar-refractivity contribution in [1.82, 2.24) is 5.32 Å². The van der Waals surface area contributed by atoms with Crippen LogP contribution in [0.1, 0.15) is 29.7 Å². The lowest BCUT2D eigenvalue weighted by molar-refractivity contribution is -0.117. The molecule has 1 atom stereocenters. The minimum absolute atomic E-state index is 0.0421. The first-order valence-electron chi connectivity index (χ1n) is 7.81. The first-order chi connectivity index (χ1) is 11.5. The Morgan fingerprint density at radius 2 is 1.71 bits per heavy atom. The Morgan fingerprint density at radius 3 is 2.29 bits per heavy atom. The lowest BCUT2D eigenvalue weighted by Crippen LogP contribution is -2.28. The number of hydrogen-bond acceptors (Lipinski definition) is 3. The highest BCUT2D eigenvalue weighted by Crippen LogP contribution is 2.19. The van der Waals surface area contributed by atoms with Crippen molar-refractivity contribution in [2.75, 3.05) is 5.32 Å². The molecule has 0 fully saturated rings. The van der Waals surface area contributed by atoms with Gasteiger partial charge in [-0.1, -0.05) is 48.5 Å². The van der Waals surface area contributed by atoms with Gasteiger partial charge in [0, 0.05) is 11.9 Å². The van der Waals surface area contributed by atoms with E-state index in [2.05, 4.69) is 10.6 Å². The van der Waals surface area contributed by atoms with Gasteiger partial charge in [0.25, 0.3) is 5.91 Å². The van der Waals surface area contributed by atoms with E-state index in [0.717, 1.165) is 22.4 Å². The maximum atomic E-state index is 12.3. The summed E-state index contributed by atoms with van der Waals surface area (Å²) < 4.78 is 0. The Labute approximate surface area is 142 Å². The molecule has 2 aromatic rings. The molecule has 4 nitrogen and oxygen atoms in total. The molecule has 0 spiro atoms. The van der Waals surface area contributed by atoms with E-state index in [1.165, 1.54) is 6.20 Å². The smallest absolute Gasteiger partial charge is 0.263 e. The van der Waals surface area contributed by atoms with Crippen molar-refractivity contribution in [3.8, 4) is 6.07 Å². The number of carbonyl (C=O) groups excluding carboxylic acids is 1. The summed E-state index contributed by atoms with van der Waals surface area (Å²) in [5.41, 5.74) is 4.06. The van der Waals surface area contributed by atoms with Gasteiger partial charge >= 0.3 is 0 Å². The van der Waals surface area contributed by atoms with Gasteiger partial charge in [0.1, 0.15) is 11.6 Å². The zero-order valence-corrected chi connectivity index (χ0v) is 14.1. The third-order valence-electron chi connectivity index (χ3n) is 3.85. The molecular formula is C20H21N3O. The van der Waals surface area contributed by atoms with E-state index in [1.807, 2.05) is 75.4 Å². The molecule has 2 N–H and O–H groups in total. The van der Waals surface area contributed by atoms with Crippen molar-refractivity contribution in [2.24, 2.45) is 0 Å². The van der Waals surface area contributed by atoms with Crippen LogP contribution < -0.4 is 10.6 Å². The van der Waals surface area contributed by atoms with Gasteiger partial charge in [-0.05, 0) is 37.5 Å². The summed E-state index contributed by atoms with van der Waals surface area (Å²) in [6.45, 7) is 5.85. The van der Waals surface area contributed by atoms with Gasteiger partial charge in [-0.3, -0.25) is 4.79 Å². The molecule has 0 saturated carbocycles. The van der Waals surface area contributed by atoms with Crippen LogP contribution >= 0.6 is 0 Å².